The SMILES string of the molecule is COc1ccc(CN[C@@H](C)c2ccc(Cl)cc2)cc1C#N. The summed E-state index contributed by atoms with van der Waals surface area (Å²) in [6.07, 6.45) is 0. The monoisotopic (exact) mass is 300 g/mol. The van der Waals surface area contributed by atoms with E-state index >= 15 is 0 Å². The summed E-state index contributed by atoms with van der Waals surface area (Å²) in [7, 11) is 1.57. The number of nitrogens with zero attached hydrogens (tertiary/aromatic N) is 1. The molecule has 0 aromatic heterocycles. The van der Waals surface area contributed by atoms with Crippen molar-refractivity contribution in [2.45, 2.75) is 19.5 Å². The third kappa shape index (κ3) is 3.98. The van der Waals surface area contributed by atoms with Gasteiger partial charge in [0.15, 0.2) is 0 Å². The van der Waals surface area contributed by atoms with Gasteiger partial charge in [0, 0.05) is 17.6 Å². The number of nitriles is 1. The van der Waals surface area contributed by atoms with Crippen LogP contribution < -0.4 is 10.1 Å². The molecule has 1 atom stereocenters. The minimum atomic E-state index is 0.204. The molecule has 108 valence electrons. The van der Waals surface area contributed by atoms with Crippen LogP contribution in [0.1, 0.15) is 29.7 Å². The lowest BCUT2D eigenvalue weighted by atomic mass is 10.1. The fraction of sp³-hybridized carbons (Fsp3) is 0.235. The Balaban J connectivity index is 2.03. The van der Waals surface area contributed by atoms with Crippen LogP contribution in [0.25, 0.3) is 0 Å². The highest BCUT2D eigenvalue weighted by atomic mass is 35.5. The Labute approximate surface area is 130 Å². The zero-order chi connectivity index (χ0) is 15.2. The number of halogens is 1. The molecule has 0 spiro atoms. The minimum Gasteiger partial charge on any atom is -0.495 e. The van der Waals surface area contributed by atoms with Gasteiger partial charge in [0.05, 0.1) is 12.7 Å². The van der Waals surface area contributed by atoms with Gasteiger partial charge < -0.3 is 10.1 Å². The van der Waals surface area contributed by atoms with Gasteiger partial charge in [-0.15, -0.1) is 0 Å². The quantitative estimate of drug-likeness (QED) is 0.905. The molecule has 0 fully saturated rings. The highest BCUT2D eigenvalue weighted by molar-refractivity contribution is 6.30. The van der Waals surface area contributed by atoms with E-state index in [1.807, 2.05) is 42.5 Å². The van der Waals surface area contributed by atoms with E-state index in [0.29, 0.717) is 17.9 Å². The van der Waals surface area contributed by atoms with E-state index in [2.05, 4.69) is 18.3 Å². The van der Waals surface area contributed by atoms with Crippen molar-refractivity contribution >= 4 is 11.6 Å². The van der Waals surface area contributed by atoms with Crippen LogP contribution in [-0.2, 0) is 6.54 Å². The van der Waals surface area contributed by atoms with Gasteiger partial charge in [-0.25, -0.2) is 0 Å². The van der Waals surface area contributed by atoms with E-state index in [9.17, 15) is 0 Å². The van der Waals surface area contributed by atoms with Gasteiger partial charge in [-0.2, -0.15) is 5.26 Å². The van der Waals surface area contributed by atoms with Crippen molar-refractivity contribution in [1.82, 2.24) is 5.32 Å². The second-order valence-electron chi connectivity index (χ2n) is 4.80. The van der Waals surface area contributed by atoms with Crippen molar-refractivity contribution in [3.63, 3.8) is 0 Å². The first-order valence-corrected chi connectivity index (χ1v) is 7.07. The van der Waals surface area contributed by atoms with E-state index in [1.165, 1.54) is 5.56 Å². The molecule has 2 aromatic carbocycles. The minimum absolute atomic E-state index is 0.204. The Kier molecular flexibility index (Phi) is 5.21. The molecule has 0 aliphatic carbocycles. The maximum Gasteiger partial charge on any atom is 0.136 e. The van der Waals surface area contributed by atoms with Gasteiger partial charge in [-0.05, 0) is 42.3 Å². The molecule has 0 radical (unpaired) electrons. The Hall–Kier alpha value is -2.02. The summed E-state index contributed by atoms with van der Waals surface area (Å²) in [5, 5.41) is 13.3. The van der Waals surface area contributed by atoms with Gasteiger partial charge in [0.25, 0.3) is 0 Å². The first-order chi connectivity index (χ1) is 10.1. The second-order valence-corrected chi connectivity index (χ2v) is 5.24. The van der Waals surface area contributed by atoms with Crippen LogP contribution >= 0.6 is 11.6 Å². The van der Waals surface area contributed by atoms with Crippen LogP contribution in [0.2, 0.25) is 5.02 Å². The van der Waals surface area contributed by atoms with Crippen molar-refractivity contribution in [1.29, 1.82) is 5.26 Å². The largest absolute Gasteiger partial charge is 0.495 e. The number of rotatable bonds is 5. The highest BCUT2D eigenvalue weighted by Crippen LogP contribution is 2.20. The molecule has 2 rings (SSSR count). The molecular weight excluding hydrogens is 284 g/mol. The molecule has 2 aromatic rings. The Morgan fingerprint density at radius 3 is 2.57 bits per heavy atom. The average Bonchev–Trinajstić information content (AvgIpc) is 2.52. The number of methoxy groups -OCH3 is 1. The zero-order valence-corrected chi connectivity index (χ0v) is 12.8. The predicted octanol–water partition coefficient (Wildman–Crippen LogP) is 4.07. The van der Waals surface area contributed by atoms with Crippen molar-refractivity contribution in [2.24, 2.45) is 0 Å². The fourth-order valence-corrected chi connectivity index (χ4v) is 2.22. The number of benzene rings is 2. The molecule has 0 heterocycles. The van der Waals surface area contributed by atoms with E-state index in [1.54, 1.807) is 7.11 Å². The maximum atomic E-state index is 9.09. The fourth-order valence-electron chi connectivity index (χ4n) is 2.09. The molecule has 0 aliphatic heterocycles. The molecule has 0 saturated carbocycles. The van der Waals surface area contributed by atoms with Crippen LogP contribution in [0, 0.1) is 11.3 Å². The third-order valence-electron chi connectivity index (χ3n) is 3.37. The first kappa shape index (κ1) is 15.4. The summed E-state index contributed by atoms with van der Waals surface area (Å²) in [4.78, 5) is 0. The number of hydrogen-bond donors (Lipinski definition) is 1. The number of ether oxygens (including phenoxy) is 1. The lowest BCUT2D eigenvalue weighted by Crippen LogP contribution is -2.18. The van der Waals surface area contributed by atoms with Gasteiger partial charge in [0.1, 0.15) is 11.8 Å². The molecule has 0 unspecified atom stereocenters. The lowest BCUT2D eigenvalue weighted by Gasteiger charge is -2.15. The molecule has 0 bridgehead atoms. The molecule has 21 heavy (non-hydrogen) atoms. The summed E-state index contributed by atoms with van der Waals surface area (Å²) in [6.45, 7) is 2.78. The Morgan fingerprint density at radius 1 is 1.24 bits per heavy atom. The predicted molar refractivity (Wildman–Crippen MR) is 84.4 cm³/mol. The normalized spacial score (nSPS) is 11.7. The van der Waals surface area contributed by atoms with Gasteiger partial charge >= 0.3 is 0 Å². The van der Waals surface area contributed by atoms with Crippen LogP contribution in [0.5, 0.6) is 5.75 Å². The number of hydrogen-bond acceptors (Lipinski definition) is 3. The van der Waals surface area contributed by atoms with Crippen molar-refractivity contribution in [3.8, 4) is 11.8 Å². The third-order valence-corrected chi connectivity index (χ3v) is 3.62. The van der Waals surface area contributed by atoms with Gasteiger partial charge in [0.2, 0.25) is 0 Å². The summed E-state index contributed by atoms with van der Waals surface area (Å²) in [5.41, 5.74) is 2.78. The van der Waals surface area contributed by atoms with Crippen LogP contribution in [-0.4, -0.2) is 7.11 Å². The topological polar surface area (TPSA) is 45.0 Å². The summed E-state index contributed by atoms with van der Waals surface area (Å²) >= 11 is 5.89. The highest BCUT2D eigenvalue weighted by Gasteiger charge is 2.07. The van der Waals surface area contributed by atoms with Crippen LogP contribution in [0.3, 0.4) is 0 Å². The van der Waals surface area contributed by atoms with Gasteiger partial charge in [-0.1, -0.05) is 29.8 Å². The van der Waals surface area contributed by atoms with E-state index in [-0.39, 0.29) is 6.04 Å². The average molecular weight is 301 g/mol. The van der Waals surface area contributed by atoms with Crippen molar-refractivity contribution in [3.05, 3.63) is 64.2 Å². The van der Waals surface area contributed by atoms with Crippen LogP contribution in [0.15, 0.2) is 42.5 Å². The van der Waals surface area contributed by atoms with Gasteiger partial charge in [-0.3, -0.25) is 0 Å². The standard InChI is InChI=1S/C17H17ClN2O/c1-12(14-4-6-16(18)7-5-14)20-11-13-3-8-17(21-2)15(9-13)10-19/h3-9,12,20H,11H2,1-2H3/t12-/m0/s1. The molecule has 3 nitrogen and oxygen atoms in total. The summed E-state index contributed by atoms with van der Waals surface area (Å²) < 4.78 is 5.14. The molecule has 4 heteroatoms. The summed E-state index contributed by atoms with van der Waals surface area (Å²) in [6, 6.07) is 15.8. The van der Waals surface area contributed by atoms with Crippen molar-refractivity contribution < 1.29 is 4.74 Å². The molecule has 0 aliphatic rings. The summed E-state index contributed by atoms with van der Waals surface area (Å²) in [5.74, 6) is 0.604. The Morgan fingerprint density at radius 2 is 1.95 bits per heavy atom. The maximum absolute atomic E-state index is 9.09. The van der Waals surface area contributed by atoms with E-state index in [0.717, 1.165) is 10.6 Å². The van der Waals surface area contributed by atoms with Crippen LogP contribution in [0.4, 0.5) is 0 Å². The molecule has 0 amide bonds. The molecular formula is C17H17ClN2O. The number of nitrogens with one attached hydrogen (secondary N) is 1. The smallest absolute Gasteiger partial charge is 0.136 e. The first-order valence-electron chi connectivity index (χ1n) is 6.70. The van der Waals surface area contributed by atoms with E-state index in [4.69, 9.17) is 21.6 Å². The Bertz CT molecular complexity index is 647. The molecule has 1 N–H and O–H groups in total. The van der Waals surface area contributed by atoms with Crippen molar-refractivity contribution in [2.75, 3.05) is 7.11 Å². The lowest BCUT2D eigenvalue weighted by molar-refractivity contribution is 0.413. The molecule has 0 saturated heterocycles. The van der Waals surface area contributed by atoms with E-state index < -0.39 is 0 Å². The zero-order valence-electron chi connectivity index (χ0n) is 12.1. The second kappa shape index (κ2) is 7.12.